The molecule has 0 aliphatic carbocycles. The quantitative estimate of drug-likeness (QED) is 0.424. The zero-order chi connectivity index (χ0) is 20.2. The Balaban J connectivity index is 1.88. The third-order valence-electron chi connectivity index (χ3n) is 4.51. The highest BCUT2D eigenvalue weighted by Gasteiger charge is 2.21. The topological polar surface area (TPSA) is 65.2 Å². The van der Waals surface area contributed by atoms with Gasteiger partial charge in [0.15, 0.2) is 0 Å². The van der Waals surface area contributed by atoms with E-state index in [1.807, 2.05) is 78.9 Å². The number of nitrogen functional groups attached to an aromatic ring is 1. The predicted molar refractivity (Wildman–Crippen MR) is 121 cm³/mol. The Hall–Kier alpha value is -3.44. The van der Waals surface area contributed by atoms with Gasteiger partial charge in [0, 0.05) is 5.39 Å². The molecule has 0 amide bonds. The normalized spacial score (nSPS) is 11.2. The second-order valence-electron chi connectivity index (χ2n) is 6.45. The number of nitrogens with zero attached hydrogens (tertiary/aromatic N) is 1. The summed E-state index contributed by atoms with van der Waals surface area (Å²) in [6, 6.07) is 22.1. The molecule has 2 aromatic heterocycles. The summed E-state index contributed by atoms with van der Waals surface area (Å²) in [7, 11) is 0. The van der Waals surface area contributed by atoms with Gasteiger partial charge in [0.25, 0.3) is 0 Å². The van der Waals surface area contributed by atoms with Crippen molar-refractivity contribution in [1.82, 2.24) is 4.98 Å². The number of hydrogen-bond donors (Lipinski definition) is 1. The van der Waals surface area contributed by atoms with Crippen LogP contribution in [0.25, 0.3) is 33.5 Å². The van der Waals surface area contributed by atoms with E-state index in [-0.39, 0.29) is 0 Å². The van der Waals surface area contributed by atoms with Gasteiger partial charge in [0.05, 0.1) is 18.0 Å². The summed E-state index contributed by atoms with van der Waals surface area (Å²) in [5.41, 5.74) is 10.7. The van der Waals surface area contributed by atoms with Crippen molar-refractivity contribution in [2.75, 3.05) is 12.3 Å². The smallest absolute Gasteiger partial charge is 0.350 e. The maximum atomic E-state index is 12.3. The lowest BCUT2D eigenvalue weighted by Crippen LogP contribution is -2.04. The molecule has 0 spiro atoms. The number of carbonyl (C=O) groups excluding carboxylic acids is 1. The predicted octanol–water partition coefficient (Wildman–Crippen LogP) is 5.89. The van der Waals surface area contributed by atoms with Gasteiger partial charge >= 0.3 is 5.97 Å². The van der Waals surface area contributed by atoms with Crippen LogP contribution in [0.3, 0.4) is 0 Å². The Kier molecular flexibility index (Phi) is 5.40. The van der Waals surface area contributed by atoms with E-state index in [4.69, 9.17) is 15.5 Å². The Labute approximate surface area is 173 Å². The molecule has 0 radical (unpaired) electrons. The minimum Gasteiger partial charge on any atom is -0.462 e. The van der Waals surface area contributed by atoms with E-state index in [9.17, 15) is 4.79 Å². The summed E-state index contributed by atoms with van der Waals surface area (Å²) < 4.78 is 5.17. The van der Waals surface area contributed by atoms with Crippen molar-refractivity contribution in [2.24, 2.45) is 0 Å². The van der Waals surface area contributed by atoms with Crippen molar-refractivity contribution in [3.05, 3.63) is 82.9 Å². The number of nitrogens with two attached hydrogens (primary N) is 1. The van der Waals surface area contributed by atoms with Crippen molar-refractivity contribution in [2.45, 2.75) is 6.92 Å². The molecule has 0 saturated heterocycles. The number of anilines is 1. The van der Waals surface area contributed by atoms with E-state index >= 15 is 0 Å². The zero-order valence-corrected chi connectivity index (χ0v) is 16.8. The number of benzene rings is 2. The standard InChI is InChI=1S/C24H20N2O2S/c1-2-28-24(27)22-21(25)20-19(17-11-7-4-8-12-17)15-18(26-23(20)29-22)14-13-16-9-5-3-6-10-16/h3-15H,2,25H2,1H3/b14-13+. The molecule has 5 heteroatoms. The van der Waals surface area contributed by atoms with Crippen LogP contribution in [0.4, 0.5) is 5.69 Å². The van der Waals surface area contributed by atoms with E-state index in [2.05, 4.69) is 0 Å². The van der Waals surface area contributed by atoms with Crippen LogP contribution in [0.15, 0.2) is 66.7 Å². The van der Waals surface area contributed by atoms with Gasteiger partial charge in [-0.25, -0.2) is 9.78 Å². The minimum absolute atomic E-state index is 0.302. The zero-order valence-electron chi connectivity index (χ0n) is 16.0. The number of fused-ring (bicyclic) bond motifs is 1. The summed E-state index contributed by atoms with van der Waals surface area (Å²) in [6.07, 6.45) is 3.99. The van der Waals surface area contributed by atoms with Gasteiger partial charge in [-0.1, -0.05) is 66.7 Å². The molecule has 0 aliphatic heterocycles. The molecular formula is C24H20N2O2S. The lowest BCUT2D eigenvalue weighted by molar-refractivity contribution is 0.0533. The van der Waals surface area contributed by atoms with Crippen LogP contribution >= 0.6 is 11.3 Å². The van der Waals surface area contributed by atoms with Gasteiger partial charge in [-0.05, 0) is 35.8 Å². The van der Waals surface area contributed by atoms with Crippen molar-refractivity contribution in [1.29, 1.82) is 0 Å². The van der Waals surface area contributed by atoms with E-state index in [0.29, 0.717) is 17.2 Å². The summed E-state index contributed by atoms with van der Waals surface area (Å²) in [5, 5.41) is 0.793. The van der Waals surface area contributed by atoms with Gasteiger partial charge < -0.3 is 10.5 Å². The van der Waals surface area contributed by atoms with Crippen LogP contribution in [0.1, 0.15) is 27.9 Å². The highest BCUT2D eigenvalue weighted by atomic mass is 32.1. The molecule has 2 aromatic carbocycles. The van der Waals surface area contributed by atoms with Crippen molar-refractivity contribution >= 4 is 45.4 Å². The maximum Gasteiger partial charge on any atom is 0.350 e. The van der Waals surface area contributed by atoms with E-state index in [1.54, 1.807) is 6.92 Å². The summed E-state index contributed by atoms with van der Waals surface area (Å²) >= 11 is 1.27. The van der Waals surface area contributed by atoms with Crippen molar-refractivity contribution in [3.63, 3.8) is 0 Å². The Bertz CT molecular complexity index is 1180. The number of ether oxygens (including phenoxy) is 1. The third-order valence-corrected chi connectivity index (χ3v) is 5.59. The van der Waals surface area contributed by atoms with E-state index in [0.717, 1.165) is 32.6 Å². The van der Waals surface area contributed by atoms with Crippen molar-refractivity contribution in [3.8, 4) is 11.1 Å². The molecule has 4 nitrogen and oxygen atoms in total. The van der Waals surface area contributed by atoms with Crippen LogP contribution in [0, 0.1) is 0 Å². The Morgan fingerprint density at radius 2 is 1.76 bits per heavy atom. The van der Waals surface area contributed by atoms with Gasteiger partial charge in [-0.2, -0.15) is 0 Å². The lowest BCUT2D eigenvalue weighted by atomic mass is 10.0. The molecule has 2 N–H and O–H groups in total. The first-order valence-corrected chi connectivity index (χ1v) is 10.2. The Morgan fingerprint density at radius 3 is 2.45 bits per heavy atom. The number of rotatable bonds is 5. The number of aromatic nitrogens is 1. The number of thiophene rings is 1. The highest BCUT2D eigenvalue weighted by Crippen LogP contribution is 2.40. The fourth-order valence-electron chi connectivity index (χ4n) is 3.16. The second kappa shape index (κ2) is 8.29. The SMILES string of the molecule is CCOC(=O)c1sc2nc(/C=C/c3ccccc3)cc(-c3ccccc3)c2c1N. The van der Waals surface area contributed by atoms with Crippen LogP contribution in [-0.2, 0) is 4.74 Å². The number of hydrogen-bond acceptors (Lipinski definition) is 5. The first kappa shape index (κ1) is 18.9. The molecule has 0 atom stereocenters. The molecule has 0 unspecified atom stereocenters. The summed E-state index contributed by atoms with van der Waals surface area (Å²) in [4.78, 5) is 18.2. The molecular weight excluding hydrogens is 380 g/mol. The number of pyridine rings is 1. The molecule has 144 valence electrons. The molecule has 0 fully saturated rings. The molecule has 0 aliphatic rings. The first-order valence-electron chi connectivity index (χ1n) is 9.36. The third kappa shape index (κ3) is 3.91. The molecule has 29 heavy (non-hydrogen) atoms. The summed E-state index contributed by atoms with van der Waals surface area (Å²) in [5.74, 6) is -0.409. The summed E-state index contributed by atoms with van der Waals surface area (Å²) in [6.45, 7) is 2.08. The van der Waals surface area contributed by atoms with E-state index in [1.165, 1.54) is 11.3 Å². The lowest BCUT2D eigenvalue weighted by Gasteiger charge is -2.07. The second-order valence-corrected chi connectivity index (χ2v) is 7.45. The fourth-order valence-corrected chi connectivity index (χ4v) is 4.19. The van der Waals surface area contributed by atoms with Crippen LogP contribution < -0.4 is 5.73 Å². The Morgan fingerprint density at radius 1 is 1.07 bits per heavy atom. The average Bonchev–Trinajstić information content (AvgIpc) is 3.10. The fraction of sp³-hybridized carbons (Fsp3) is 0.0833. The van der Waals surface area contributed by atoms with Gasteiger partial charge in [0.2, 0.25) is 0 Å². The molecule has 0 bridgehead atoms. The largest absolute Gasteiger partial charge is 0.462 e. The molecule has 4 rings (SSSR count). The van der Waals surface area contributed by atoms with Gasteiger partial charge in [0.1, 0.15) is 9.71 Å². The van der Waals surface area contributed by atoms with E-state index < -0.39 is 5.97 Å². The van der Waals surface area contributed by atoms with Gasteiger partial charge in [-0.15, -0.1) is 11.3 Å². The monoisotopic (exact) mass is 400 g/mol. The van der Waals surface area contributed by atoms with Crippen LogP contribution in [-0.4, -0.2) is 17.6 Å². The molecule has 2 heterocycles. The maximum absolute atomic E-state index is 12.3. The first-order chi connectivity index (χ1) is 14.2. The van der Waals surface area contributed by atoms with Crippen molar-refractivity contribution < 1.29 is 9.53 Å². The van der Waals surface area contributed by atoms with Gasteiger partial charge in [-0.3, -0.25) is 0 Å². The molecule has 4 aromatic rings. The number of carbonyl (C=O) groups is 1. The average molecular weight is 401 g/mol. The minimum atomic E-state index is -0.409. The highest BCUT2D eigenvalue weighted by molar-refractivity contribution is 7.21. The molecule has 0 saturated carbocycles. The number of esters is 1. The van der Waals surface area contributed by atoms with Crippen LogP contribution in [0.5, 0.6) is 0 Å². The van der Waals surface area contributed by atoms with Crippen LogP contribution in [0.2, 0.25) is 0 Å².